The van der Waals surface area contributed by atoms with Gasteiger partial charge in [0.25, 0.3) is 0 Å². The van der Waals surface area contributed by atoms with Crippen molar-refractivity contribution in [2.45, 2.75) is 0 Å². The third-order valence-electron chi connectivity index (χ3n) is 10.1. The average molecular weight is 858 g/mol. The summed E-state index contributed by atoms with van der Waals surface area (Å²) in [5.74, 6) is 0.738. The van der Waals surface area contributed by atoms with Crippen LogP contribution in [0.3, 0.4) is 0 Å². The van der Waals surface area contributed by atoms with Gasteiger partial charge in [0.05, 0.1) is 5.52 Å². The molecule has 4 aromatic heterocycles. The molecular formula is C46H26N6Pt. The molecule has 250 valence electrons. The van der Waals surface area contributed by atoms with E-state index in [9.17, 15) is 0 Å². The molecule has 0 amide bonds. The van der Waals surface area contributed by atoms with Crippen molar-refractivity contribution in [1.29, 1.82) is 0 Å². The van der Waals surface area contributed by atoms with Crippen LogP contribution in [0.5, 0.6) is 0 Å². The van der Waals surface area contributed by atoms with Gasteiger partial charge in [-0.15, -0.1) is 51.5 Å². The van der Waals surface area contributed by atoms with Gasteiger partial charge in [-0.05, 0) is 62.5 Å². The van der Waals surface area contributed by atoms with Crippen molar-refractivity contribution < 1.29 is 21.1 Å². The first kappa shape index (κ1) is 31.3. The minimum absolute atomic E-state index is 0. The normalized spacial score (nSPS) is 11.6. The maximum Gasteiger partial charge on any atom is 2.00 e. The zero-order valence-corrected chi connectivity index (χ0v) is 30.3. The van der Waals surface area contributed by atoms with Crippen LogP contribution in [0, 0.1) is 12.1 Å². The maximum atomic E-state index is 4.79. The summed E-state index contributed by atoms with van der Waals surface area (Å²) in [6.07, 6.45) is 5.19. The quantitative estimate of drug-likeness (QED) is 0.165. The minimum atomic E-state index is 0. The standard InChI is InChI=1S/C46H26N6.Pt/c1-2-8-29(9-3-1)31-14-18-36-37-20-17-34(27-44(37)52(42(36)24-31)45-26-32-11-5-7-13-39(32)49-50-45)51-41-21-16-30-10-4-6-12-35(30)46(41)38-19-15-33(25-43(38)51)40-28-47-22-23-48-40;/h1-24,26,28H;/q-2;+2. The van der Waals surface area contributed by atoms with Crippen LogP contribution in [-0.4, -0.2) is 29.3 Å². The average Bonchev–Trinajstić information content (AvgIpc) is 3.73. The van der Waals surface area contributed by atoms with Gasteiger partial charge in [-0.2, -0.15) is 6.07 Å². The predicted octanol–water partition coefficient (Wildman–Crippen LogP) is 10.7. The van der Waals surface area contributed by atoms with Gasteiger partial charge >= 0.3 is 21.1 Å². The topological polar surface area (TPSA) is 61.4 Å². The summed E-state index contributed by atoms with van der Waals surface area (Å²) in [6, 6.07) is 56.6. The Morgan fingerprint density at radius 1 is 0.509 bits per heavy atom. The third kappa shape index (κ3) is 4.91. The van der Waals surface area contributed by atoms with E-state index in [1.54, 1.807) is 18.6 Å². The number of fused-ring (bicyclic) bond motifs is 9. The van der Waals surface area contributed by atoms with Crippen molar-refractivity contribution in [3.63, 3.8) is 0 Å². The molecule has 4 heterocycles. The molecule has 11 aromatic rings. The molecule has 0 N–H and O–H groups in total. The fourth-order valence-electron chi connectivity index (χ4n) is 7.74. The second-order valence-electron chi connectivity index (χ2n) is 13.0. The molecule has 11 rings (SSSR count). The Balaban J connectivity index is 0.00000349. The van der Waals surface area contributed by atoms with E-state index in [1.807, 2.05) is 24.3 Å². The molecule has 6 nitrogen and oxygen atoms in total. The number of aromatic nitrogens is 6. The molecule has 0 aliphatic carbocycles. The number of nitrogens with zero attached hydrogens (tertiary/aromatic N) is 6. The zero-order valence-electron chi connectivity index (χ0n) is 28.0. The van der Waals surface area contributed by atoms with Crippen LogP contribution in [0.2, 0.25) is 0 Å². The summed E-state index contributed by atoms with van der Waals surface area (Å²) in [7, 11) is 0. The van der Waals surface area contributed by atoms with Crippen LogP contribution in [0.25, 0.3) is 99.2 Å². The summed E-state index contributed by atoms with van der Waals surface area (Å²) in [6.45, 7) is 0. The van der Waals surface area contributed by atoms with Crippen molar-refractivity contribution in [1.82, 2.24) is 29.3 Å². The van der Waals surface area contributed by atoms with Crippen LogP contribution in [0.15, 0.2) is 158 Å². The van der Waals surface area contributed by atoms with Gasteiger partial charge in [-0.3, -0.25) is 4.98 Å². The smallest absolute Gasteiger partial charge is 0.352 e. The van der Waals surface area contributed by atoms with E-state index in [-0.39, 0.29) is 21.1 Å². The maximum absolute atomic E-state index is 4.79. The van der Waals surface area contributed by atoms with Crippen molar-refractivity contribution in [2.75, 3.05) is 0 Å². The molecular weight excluding hydrogens is 832 g/mol. The summed E-state index contributed by atoms with van der Waals surface area (Å²) in [4.78, 5) is 8.93. The Morgan fingerprint density at radius 2 is 1.30 bits per heavy atom. The Labute approximate surface area is 318 Å². The van der Waals surface area contributed by atoms with Crippen LogP contribution in [0.4, 0.5) is 0 Å². The van der Waals surface area contributed by atoms with Crippen LogP contribution in [0.1, 0.15) is 0 Å². The molecule has 7 aromatic carbocycles. The second-order valence-corrected chi connectivity index (χ2v) is 13.0. The van der Waals surface area contributed by atoms with Gasteiger partial charge in [-0.1, -0.05) is 108 Å². The summed E-state index contributed by atoms with van der Waals surface area (Å²) < 4.78 is 4.48. The molecule has 0 unspecified atom stereocenters. The van der Waals surface area contributed by atoms with Gasteiger partial charge in [-0.25, -0.2) is 0 Å². The molecule has 0 aliphatic heterocycles. The number of hydrogen-bond donors (Lipinski definition) is 0. The molecule has 0 saturated heterocycles. The fourth-order valence-corrected chi connectivity index (χ4v) is 7.74. The van der Waals surface area contributed by atoms with Gasteiger partial charge < -0.3 is 14.1 Å². The first-order valence-electron chi connectivity index (χ1n) is 17.2. The zero-order chi connectivity index (χ0) is 34.2. The van der Waals surface area contributed by atoms with Crippen LogP contribution < -0.4 is 0 Å². The fraction of sp³-hybridized carbons (Fsp3) is 0. The molecule has 0 spiro atoms. The Bertz CT molecular complexity index is 3190. The van der Waals surface area contributed by atoms with Gasteiger partial charge in [0.2, 0.25) is 0 Å². The van der Waals surface area contributed by atoms with E-state index < -0.39 is 0 Å². The Morgan fingerprint density at radius 3 is 2.19 bits per heavy atom. The SMILES string of the molecule is [Pt+2].[c-]1c(-n2c3[c-]c(-c4cnccn4)ccc3c3c4ccccc4ccc32)ccc2c3ccc(-c4ccccc4)cc3n(-c3cc4ccccc4nn3)c12. The summed E-state index contributed by atoms with van der Waals surface area (Å²) in [5, 5.41) is 17.3. The van der Waals surface area contributed by atoms with Crippen molar-refractivity contribution >= 4 is 65.3 Å². The van der Waals surface area contributed by atoms with Crippen LogP contribution >= 0.6 is 0 Å². The van der Waals surface area contributed by atoms with E-state index in [1.165, 1.54) is 16.2 Å². The van der Waals surface area contributed by atoms with E-state index in [4.69, 9.17) is 5.10 Å². The Hall–Kier alpha value is -6.49. The molecule has 0 saturated carbocycles. The van der Waals surface area contributed by atoms with Crippen LogP contribution in [-0.2, 0) is 21.1 Å². The van der Waals surface area contributed by atoms with Crippen molar-refractivity contribution in [2.24, 2.45) is 0 Å². The van der Waals surface area contributed by atoms with E-state index in [0.29, 0.717) is 0 Å². The molecule has 0 atom stereocenters. The Kier molecular flexibility index (Phi) is 7.27. The predicted molar refractivity (Wildman–Crippen MR) is 210 cm³/mol. The molecule has 0 bridgehead atoms. The first-order chi connectivity index (χ1) is 25.8. The number of hydrogen-bond acceptors (Lipinski definition) is 4. The van der Waals surface area contributed by atoms with Gasteiger partial charge in [0.15, 0.2) is 5.82 Å². The number of benzene rings is 7. The van der Waals surface area contributed by atoms with Crippen molar-refractivity contribution in [3.8, 4) is 33.9 Å². The summed E-state index contributed by atoms with van der Waals surface area (Å²) >= 11 is 0. The molecule has 0 fully saturated rings. The second kappa shape index (κ2) is 12.3. The summed E-state index contributed by atoms with van der Waals surface area (Å²) in [5.41, 5.74) is 9.68. The first-order valence-corrected chi connectivity index (χ1v) is 17.2. The minimum Gasteiger partial charge on any atom is -0.352 e. The van der Waals surface area contributed by atoms with E-state index in [0.717, 1.165) is 83.0 Å². The third-order valence-corrected chi connectivity index (χ3v) is 10.1. The molecule has 7 heteroatoms. The monoisotopic (exact) mass is 857 g/mol. The van der Waals surface area contributed by atoms with E-state index in [2.05, 4.69) is 152 Å². The largest absolute Gasteiger partial charge is 2.00 e. The van der Waals surface area contributed by atoms with Crippen molar-refractivity contribution in [3.05, 3.63) is 170 Å². The number of rotatable bonds is 4. The van der Waals surface area contributed by atoms with Gasteiger partial charge in [0, 0.05) is 40.7 Å². The van der Waals surface area contributed by atoms with E-state index >= 15 is 0 Å². The molecule has 0 radical (unpaired) electrons. The van der Waals surface area contributed by atoms with Gasteiger partial charge in [0.1, 0.15) is 0 Å². The molecule has 53 heavy (non-hydrogen) atoms. The molecule has 0 aliphatic rings.